The van der Waals surface area contributed by atoms with E-state index in [1.165, 1.54) is 16.9 Å². The van der Waals surface area contributed by atoms with Crippen molar-refractivity contribution >= 4 is 31.8 Å². The zero-order valence-corrected chi connectivity index (χ0v) is 14.4. The van der Waals surface area contributed by atoms with Gasteiger partial charge in [0.25, 0.3) is 5.56 Å². The molecule has 0 aliphatic heterocycles. The highest BCUT2D eigenvalue weighted by Crippen LogP contribution is 2.31. The SMILES string of the molecule is Cc1cc(C)c2c(n1)sc1c(=O)n(CCc3ccccc3)cnc12. The molecule has 24 heavy (non-hydrogen) atoms. The number of rotatable bonds is 3. The van der Waals surface area contributed by atoms with Crippen LogP contribution in [0.4, 0.5) is 0 Å². The molecule has 0 saturated carbocycles. The van der Waals surface area contributed by atoms with Gasteiger partial charge in [-0.2, -0.15) is 0 Å². The van der Waals surface area contributed by atoms with Crippen molar-refractivity contribution in [2.24, 2.45) is 0 Å². The molecule has 4 rings (SSSR count). The first-order valence-corrected chi connectivity index (χ1v) is 8.75. The van der Waals surface area contributed by atoms with Crippen LogP contribution in [-0.4, -0.2) is 14.5 Å². The molecule has 4 nitrogen and oxygen atoms in total. The lowest BCUT2D eigenvalue weighted by molar-refractivity contribution is 0.663. The molecule has 0 bridgehead atoms. The Labute approximate surface area is 143 Å². The molecule has 0 unspecified atom stereocenters. The molecule has 3 aromatic heterocycles. The lowest BCUT2D eigenvalue weighted by Gasteiger charge is -2.05. The van der Waals surface area contributed by atoms with E-state index in [0.717, 1.165) is 33.4 Å². The summed E-state index contributed by atoms with van der Waals surface area (Å²) in [4.78, 5) is 22.9. The first-order valence-electron chi connectivity index (χ1n) is 7.93. The van der Waals surface area contributed by atoms with Crippen LogP contribution in [-0.2, 0) is 13.0 Å². The minimum atomic E-state index is 0.0241. The van der Waals surface area contributed by atoms with Gasteiger partial charge in [-0.3, -0.25) is 9.36 Å². The normalized spacial score (nSPS) is 11.4. The zero-order valence-electron chi connectivity index (χ0n) is 13.6. The molecule has 3 heterocycles. The van der Waals surface area contributed by atoms with Crippen LogP contribution in [0, 0.1) is 13.8 Å². The monoisotopic (exact) mass is 335 g/mol. The molecule has 0 spiro atoms. The summed E-state index contributed by atoms with van der Waals surface area (Å²) in [7, 11) is 0. The summed E-state index contributed by atoms with van der Waals surface area (Å²) in [5, 5.41) is 1.01. The Bertz CT molecular complexity index is 1100. The van der Waals surface area contributed by atoms with E-state index in [2.05, 4.69) is 22.1 Å². The van der Waals surface area contributed by atoms with Gasteiger partial charge < -0.3 is 0 Å². The summed E-state index contributed by atoms with van der Waals surface area (Å²) in [5.74, 6) is 0. The standard InChI is InChI=1S/C19H17N3OS/c1-12-10-13(2)21-18-15(12)16-17(24-18)19(23)22(11-20-16)9-8-14-6-4-3-5-7-14/h3-7,10-11H,8-9H2,1-2H3. The fraction of sp³-hybridized carbons (Fsp3) is 0.211. The number of hydrogen-bond donors (Lipinski definition) is 0. The molecule has 0 fully saturated rings. The Morgan fingerprint density at radius 3 is 2.75 bits per heavy atom. The largest absolute Gasteiger partial charge is 0.298 e. The van der Waals surface area contributed by atoms with Crippen LogP contribution in [0.25, 0.3) is 20.4 Å². The Morgan fingerprint density at radius 1 is 1.17 bits per heavy atom. The molecule has 0 N–H and O–H groups in total. The number of hydrogen-bond acceptors (Lipinski definition) is 4. The van der Waals surface area contributed by atoms with Crippen LogP contribution in [0.1, 0.15) is 16.8 Å². The van der Waals surface area contributed by atoms with Crippen molar-refractivity contribution in [2.75, 3.05) is 0 Å². The van der Waals surface area contributed by atoms with Crippen LogP contribution in [0.2, 0.25) is 0 Å². The van der Waals surface area contributed by atoms with E-state index < -0.39 is 0 Å². The maximum absolute atomic E-state index is 12.8. The minimum absolute atomic E-state index is 0.0241. The first kappa shape index (κ1) is 15.0. The smallest absolute Gasteiger partial charge is 0.271 e. The van der Waals surface area contributed by atoms with Crippen molar-refractivity contribution in [1.82, 2.24) is 14.5 Å². The molecule has 0 aliphatic carbocycles. The highest BCUT2D eigenvalue weighted by molar-refractivity contribution is 7.25. The van der Waals surface area contributed by atoms with Crippen LogP contribution >= 0.6 is 11.3 Å². The summed E-state index contributed by atoms with van der Waals surface area (Å²) < 4.78 is 2.40. The molecule has 0 atom stereocenters. The average Bonchev–Trinajstić information content (AvgIpc) is 2.94. The fourth-order valence-corrected chi connectivity index (χ4v) is 4.25. The molecule has 0 amide bonds. The van der Waals surface area contributed by atoms with Gasteiger partial charge in [-0.25, -0.2) is 9.97 Å². The van der Waals surface area contributed by atoms with Crippen molar-refractivity contribution in [3.05, 3.63) is 69.9 Å². The second-order valence-corrected chi connectivity index (χ2v) is 7.02. The van der Waals surface area contributed by atoms with E-state index in [0.29, 0.717) is 11.2 Å². The van der Waals surface area contributed by atoms with Gasteiger partial charge in [0.2, 0.25) is 0 Å². The first-order chi connectivity index (χ1) is 11.6. The predicted octanol–water partition coefficient (Wildman–Crippen LogP) is 3.87. The third-order valence-corrected chi connectivity index (χ3v) is 5.29. The van der Waals surface area contributed by atoms with Crippen LogP contribution in [0.5, 0.6) is 0 Å². The number of aromatic nitrogens is 3. The number of fused-ring (bicyclic) bond motifs is 3. The van der Waals surface area contributed by atoms with Crippen molar-refractivity contribution in [3.63, 3.8) is 0 Å². The topological polar surface area (TPSA) is 47.8 Å². The van der Waals surface area contributed by atoms with Crippen molar-refractivity contribution in [2.45, 2.75) is 26.8 Å². The Hall–Kier alpha value is -2.53. The molecule has 1 aromatic carbocycles. The highest BCUT2D eigenvalue weighted by atomic mass is 32.1. The summed E-state index contributed by atoms with van der Waals surface area (Å²) in [6, 6.07) is 12.2. The highest BCUT2D eigenvalue weighted by Gasteiger charge is 2.14. The summed E-state index contributed by atoms with van der Waals surface area (Å²) in [6.45, 7) is 4.65. The maximum atomic E-state index is 12.8. The number of thiophene rings is 1. The van der Waals surface area contributed by atoms with Gasteiger partial charge in [-0.15, -0.1) is 11.3 Å². The van der Waals surface area contributed by atoms with E-state index in [4.69, 9.17) is 0 Å². The van der Waals surface area contributed by atoms with Gasteiger partial charge in [-0.1, -0.05) is 30.3 Å². The van der Waals surface area contributed by atoms with E-state index in [1.807, 2.05) is 38.1 Å². The molecule has 0 saturated heterocycles. The Morgan fingerprint density at radius 2 is 1.96 bits per heavy atom. The number of nitrogens with zero attached hydrogens (tertiary/aromatic N) is 3. The Kier molecular flexibility index (Phi) is 3.65. The van der Waals surface area contributed by atoms with Gasteiger partial charge >= 0.3 is 0 Å². The number of benzene rings is 1. The van der Waals surface area contributed by atoms with E-state index >= 15 is 0 Å². The van der Waals surface area contributed by atoms with Gasteiger partial charge in [0.15, 0.2) is 0 Å². The maximum Gasteiger partial charge on any atom is 0.271 e. The lowest BCUT2D eigenvalue weighted by Crippen LogP contribution is -2.20. The van der Waals surface area contributed by atoms with Gasteiger partial charge in [0.1, 0.15) is 9.53 Å². The van der Waals surface area contributed by atoms with Crippen molar-refractivity contribution in [3.8, 4) is 0 Å². The fourth-order valence-electron chi connectivity index (χ4n) is 3.05. The second kappa shape index (κ2) is 5.83. The second-order valence-electron chi connectivity index (χ2n) is 6.02. The summed E-state index contributed by atoms with van der Waals surface area (Å²) >= 11 is 1.45. The molecule has 120 valence electrons. The van der Waals surface area contributed by atoms with E-state index in [1.54, 1.807) is 10.9 Å². The van der Waals surface area contributed by atoms with Gasteiger partial charge in [0.05, 0.1) is 11.8 Å². The molecular weight excluding hydrogens is 318 g/mol. The third kappa shape index (κ3) is 2.51. The van der Waals surface area contributed by atoms with Crippen LogP contribution in [0.15, 0.2) is 47.5 Å². The quantitative estimate of drug-likeness (QED) is 0.571. The molecule has 0 aliphatic rings. The molecule has 0 radical (unpaired) electrons. The molecule has 5 heteroatoms. The zero-order chi connectivity index (χ0) is 16.7. The summed E-state index contributed by atoms with van der Waals surface area (Å²) in [6.07, 6.45) is 2.48. The van der Waals surface area contributed by atoms with Crippen LogP contribution in [0.3, 0.4) is 0 Å². The molecular formula is C19H17N3OS. The number of aryl methyl sites for hydroxylation is 4. The van der Waals surface area contributed by atoms with Crippen LogP contribution < -0.4 is 5.56 Å². The summed E-state index contributed by atoms with van der Waals surface area (Å²) in [5.41, 5.74) is 4.11. The Balaban J connectivity index is 1.79. The van der Waals surface area contributed by atoms with Gasteiger partial charge in [0, 0.05) is 17.6 Å². The minimum Gasteiger partial charge on any atom is -0.298 e. The van der Waals surface area contributed by atoms with E-state index in [9.17, 15) is 4.79 Å². The number of pyridine rings is 1. The third-order valence-electron chi connectivity index (χ3n) is 4.23. The van der Waals surface area contributed by atoms with E-state index in [-0.39, 0.29) is 5.56 Å². The molecule has 4 aromatic rings. The predicted molar refractivity (Wildman–Crippen MR) is 98.8 cm³/mol. The van der Waals surface area contributed by atoms with Crippen molar-refractivity contribution < 1.29 is 0 Å². The van der Waals surface area contributed by atoms with Gasteiger partial charge in [-0.05, 0) is 37.5 Å². The lowest BCUT2D eigenvalue weighted by atomic mass is 10.1. The average molecular weight is 335 g/mol. The van der Waals surface area contributed by atoms with Crippen molar-refractivity contribution in [1.29, 1.82) is 0 Å².